The lowest BCUT2D eigenvalue weighted by Gasteiger charge is -2.52. The Kier molecular flexibility index (Phi) is 27.8. The van der Waals surface area contributed by atoms with E-state index < -0.39 is 19.2 Å². The second-order valence-corrected chi connectivity index (χ2v) is 30.8. The van der Waals surface area contributed by atoms with Crippen LogP contribution in [0.25, 0.3) is 11.1 Å². The minimum Gasteiger partial charge on any atom is -0.494 e. The maximum Gasteiger partial charge on any atom is 0.264 e. The molecule has 0 spiro atoms. The van der Waals surface area contributed by atoms with Crippen molar-refractivity contribution in [3.05, 3.63) is 130 Å². The van der Waals surface area contributed by atoms with E-state index in [4.69, 9.17) is 33.3 Å². The maximum atomic E-state index is 11.1. The van der Waals surface area contributed by atoms with Crippen molar-refractivity contribution in [1.82, 2.24) is 0 Å². The molecule has 4 aromatic rings. The number of unbranched alkanes of at least 4 members (excludes halogenated alkanes) is 13. The average molecular weight is 1260 g/mol. The Morgan fingerprint density at radius 2 is 0.621 bits per heavy atom. The number of ether oxygens (including phenoxy) is 4. The molecule has 8 saturated carbocycles. The van der Waals surface area contributed by atoms with Crippen LogP contribution in [0.5, 0.6) is 23.0 Å². The van der Waals surface area contributed by atoms with Gasteiger partial charge in [0.2, 0.25) is 9.05 Å². The van der Waals surface area contributed by atoms with Crippen molar-refractivity contribution in [3.8, 4) is 23.0 Å². The van der Waals surface area contributed by atoms with Gasteiger partial charge in [0.15, 0.2) is 0 Å². The molecule has 8 fully saturated rings. The Balaban J connectivity index is 0.000000210. The van der Waals surface area contributed by atoms with Gasteiger partial charge >= 0.3 is 0 Å². The van der Waals surface area contributed by atoms with Crippen LogP contribution in [0.4, 0.5) is 0 Å². The van der Waals surface area contributed by atoms with E-state index in [1.165, 1.54) is 123 Å². The number of aliphatic hydroxyl groups is 2. The van der Waals surface area contributed by atoms with E-state index in [9.17, 15) is 16.8 Å². The first-order chi connectivity index (χ1) is 42.1. The molecule has 11 nitrogen and oxygen atoms in total. The van der Waals surface area contributed by atoms with Crippen LogP contribution in [0.3, 0.4) is 0 Å². The predicted molar refractivity (Wildman–Crippen MR) is 354 cm³/mol. The zero-order valence-electron chi connectivity index (χ0n) is 52.7. The van der Waals surface area contributed by atoms with Gasteiger partial charge in [-0.05, 0) is 258 Å². The molecule has 0 heterocycles. The normalized spacial score (nSPS) is 22.3. The number of allylic oxidation sites excluding steroid dienone is 2. The third-order valence-electron chi connectivity index (χ3n) is 18.9. The summed E-state index contributed by atoms with van der Waals surface area (Å²) in [6, 6.07) is 35.3. The minimum atomic E-state index is -3.34. The SMILES string of the molecule is CCCCCCCOc1ccc(C(=C2C3CC4CC(C3)CC2C4)c2ccc(OCCCCCCOS(C)(=O)=O)cc2)cc1.CS(=O)(=O)Cl.OCCCCCCOc1ccc(C(=C2C3CC4CC(C3)CC2C4)c2ccc(OCCCCCCO)cc2)cc1. The monoisotopic (exact) mass is 1250 g/mol. The van der Waals surface area contributed by atoms with E-state index in [1.807, 2.05) is 0 Å². The summed E-state index contributed by atoms with van der Waals surface area (Å²) in [4.78, 5) is 0. The molecule has 480 valence electrons. The number of rotatable bonds is 34. The fourth-order valence-corrected chi connectivity index (χ4v) is 15.9. The lowest BCUT2D eigenvalue weighted by Crippen LogP contribution is -2.40. The number of hydrogen-bond acceptors (Lipinski definition) is 11. The largest absolute Gasteiger partial charge is 0.494 e. The van der Waals surface area contributed by atoms with Gasteiger partial charge in [0, 0.05) is 23.9 Å². The van der Waals surface area contributed by atoms with E-state index >= 15 is 0 Å². The van der Waals surface area contributed by atoms with Crippen molar-refractivity contribution in [1.29, 1.82) is 0 Å². The average Bonchev–Trinajstić information content (AvgIpc) is 0.884. The van der Waals surface area contributed by atoms with Crippen LogP contribution in [0, 0.1) is 47.3 Å². The molecule has 4 aromatic carbocycles. The topological polar surface area (TPSA) is 155 Å². The summed E-state index contributed by atoms with van der Waals surface area (Å²) in [5.41, 5.74) is 11.6. The molecule has 0 radical (unpaired) electrons. The van der Waals surface area contributed by atoms with Gasteiger partial charge in [-0.2, -0.15) is 8.42 Å². The summed E-state index contributed by atoms with van der Waals surface area (Å²) in [7, 11) is -2.03. The smallest absolute Gasteiger partial charge is 0.264 e. The highest BCUT2D eigenvalue weighted by Gasteiger charge is 2.47. The molecule has 0 atom stereocenters. The van der Waals surface area contributed by atoms with Crippen LogP contribution in [-0.2, 0) is 23.4 Å². The first-order valence-electron chi connectivity index (χ1n) is 33.5. The van der Waals surface area contributed by atoms with Crippen LogP contribution in [-0.4, -0.2) is 85.8 Å². The fourth-order valence-electron chi connectivity index (χ4n) is 15.4. The van der Waals surface area contributed by atoms with E-state index in [1.54, 1.807) is 11.1 Å². The molecule has 0 aromatic heterocycles. The highest BCUT2D eigenvalue weighted by molar-refractivity contribution is 8.13. The first-order valence-corrected chi connectivity index (χ1v) is 38.0. The third kappa shape index (κ3) is 22.5. The second kappa shape index (κ2) is 35.3. The first kappa shape index (κ1) is 68.5. The molecule has 0 unspecified atom stereocenters. The van der Waals surface area contributed by atoms with Gasteiger partial charge in [-0.1, -0.05) is 112 Å². The minimum absolute atomic E-state index is 0.261. The van der Waals surface area contributed by atoms with Gasteiger partial charge < -0.3 is 29.2 Å². The molecule has 87 heavy (non-hydrogen) atoms. The Morgan fingerprint density at radius 3 is 0.862 bits per heavy atom. The second-order valence-electron chi connectivity index (χ2n) is 26.1. The van der Waals surface area contributed by atoms with Gasteiger partial charge in [0.1, 0.15) is 23.0 Å². The zero-order chi connectivity index (χ0) is 61.4. The highest BCUT2D eigenvalue weighted by atomic mass is 35.7. The van der Waals surface area contributed by atoms with Crippen molar-refractivity contribution in [2.24, 2.45) is 47.3 Å². The number of hydrogen-bond donors (Lipinski definition) is 2. The van der Waals surface area contributed by atoms with E-state index in [2.05, 4.69) is 115 Å². The third-order valence-corrected chi connectivity index (χ3v) is 19.5. The quantitative estimate of drug-likeness (QED) is 0.0261. The summed E-state index contributed by atoms with van der Waals surface area (Å²) in [6.07, 6.45) is 33.9. The molecular formula is C73H103ClO11S2. The van der Waals surface area contributed by atoms with Gasteiger partial charge in [-0.25, -0.2) is 8.42 Å². The summed E-state index contributed by atoms with van der Waals surface area (Å²) in [5.74, 6) is 10.4. The summed E-state index contributed by atoms with van der Waals surface area (Å²) < 4.78 is 70.0. The van der Waals surface area contributed by atoms with Crippen LogP contribution in [0.2, 0.25) is 0 Å². The summed E-state index contributed by atoms with van der Waals surface area (Å²) in [6.45, 7) is 6.00. The molecule has 2 N–H and O–H groups in total. The molecule has 0 aliphatic heterocycles. The Labute approximate surface area is 528 Å². The Bertz CT molecular complexity index is 2830. The summed E-state index contributed by atoms with van der Waals surface area (Å²) in [5, 5.41) is 17.9. The molecule has 12 rings (SSSR count). The number of halogens is 1. The van der Waals surface area contributed by atoms with Crippen LogP contribution >= 0.6 is 10.7 Å². The lowest BCUT2D eigenvalue weighted by atomic mass is 9.53. The van der Waals surface area contributed by atoms with Crippen LogP contribution in [0.1, 0.15) is 203 Å². The van der Waals surface area contributed by atoms with Gasteiger partial charge in [-0.3, -0.25) is 4.18 Å². The summed E-state index contributed by atoms with van der Waals surface area (Å²) >= 11 is 0. The molecule has 8 bridgehead atoms. The van der Waals surface area contributed by atoms with Gasteiger partial charge in [0.05, 0.1) is 45.5 Å². The molecule has 0 amide bonds. The highest BCUT2D eigenvalue weighted by Crippen LogP contribution is 2.60. The molecule has 14 heteroatoms. The maximum absolute atomic E-state index is 11.1. The van der Waals surface area contributed by atoms with E-state index in [0.29, 0.717) is 6.61 Å². The number of aliphatic hydroxyl groups excluding tert-OH is 2. The Hall–Kier alpha value is -4.37. The number of benzene rings is 4. The molecule has 0 saturated heterocycles. The van der Waals surface area contributed by atoms with Crippen molar-refractivity contribution in [2.45, 2.75) is 180 Å². The van der Waals surface area contributed by atoms with Crippen LogP contribution < -0.4 is 18.9 Å². The standard InChI is InChI=1S/C37H52O5S.C35H48O4.CH3ClO2S/c1-3-4-5-6-9-20-40-34-16-12-30(13-17-34)36(37-32-24-28-23-29(26-32)27-33(37)25-28)31-14-18-35(19-15-31)41-21-10-7-8-11-22-42-43(2,38)39;36-17-5-1-3-7-19-38-32-13-9-28(10-14-32)34(35-30-22-26-21-27(24-30)25-31(35)23-26)29-11-15-33(16-12-29)39-20-8-4-2-6-18-37;1-5(2,3)4/h12-19,28-29,32-33H,3-11,20-27H2,1-2H3;9-16,26-27,30-31,36-37H,1-8,17-25H2;1H3. The van der Waals surface area contributed by atoms with Crippen molar-refractivity contribution in [2.75, 3.05) is 58.8 Å². The van der Waals surface area contributed by atoms with Crippen molar-refractivity contribution >= 4 is 41.0 Å². The van der Waals surface area contributed by atoms with E-state index in [-0.39, 0.29) is 19.8 Å². The van der Waals surface area contributed by atoms with Gasteiger partial charge in [0.25, 0.3) is 10.1 Å². The lowest BCUT2D eigenvalue weighted by molar-refractivity contribution is 0.0705. The zero-order valence-corrected chi connectivity index (χ0v) is 55.1. The predicted octanol–water partition coefficient (Wildman–Crippen LogP) is 17.2. The van der Waals surface area contributed by atoms with Crippen molar-refractivity contribution < 1.29 is 50.2 Å². The van der Waals surface area contributed by atoms with E-state index in [0.717, 1.165) is 186 Å². The Morgan fingerprint density at radius 1 is 0.379 bits per heavy atom. The van der Waals surface area contributed by atoms with Crippen molar-refractivity contribution in [3.63, 3.8) is 0 Å². The van der Waals surface area contributed by atoms with Gasteiger partial charge in [-0.15, -0.1) is 0 Å². The van der Waals surface area contributed by atoms with Crippen LogP contribution in [0.15, 0.2) is 108 Å². The molecular weight excluding hydrogens is 1150 g/mol. The fraction of sp³-hybridized carbons (Fsp3) is 0.616. The molecule has 8 aliphatic rings. The molecule has 8 aliphatic carbocycles.